The van der Waals surface area contributed by atoms with Crippen LogP contribution in [0.5, 0.6) is 0 Å². The second-order valence-electron chi connectivity index (χ2n) is 4.70. The van der Waals surface area contributed by atoms with Gasteiger partial charge in [-0.05, 0) is 32.4 Å². The minimum absolute atomic E-state index is 0.202. The summed E-state index contributed by atoms with van der Waals surface area (Å²) < 4.78 is 33.8. The monoisotopic (exact) mass is 295 g/mol. The summed E-state index contributed by atoms with van der Waals surface area (Å²) in [6.45, 7) is 5.88. The molecular formula is C15H19F2N3O. The van der Waals surface area contributed by atoms with Gasteiger partial charge in [0.2, 0.25) is 5.95 Å². The lowest BCUT2D eigenvalue weighted by Gasteiger charge is -2.10. The quantitative estimate of drug-likeness (QED) is 0.793. The number of rotatable bonds is 7. The molecule has 0 atom stereocenters. The first-order chi connectivity index (χ1) is 10.1. The summed E-state index contributed by atoms with van der Waals surface area (Å²) in [5.74, 6) is -0.708. The molecule has 0 radical (unpaired) electrons. The predicted octanol–water partition coefficient (Wildman–Crippen LogP) is 3.64. The minimum Gasteiger partial charge on any atom is -0.382 e. The van der Waals surface area contributed by atoms with Gasteiger partial charge >= 0.3 is 0 Å². The van der Waals surface area contributed by atoms with E-state index < -0.39 is 11.6 Å². The average Bonchev–Trinajstić information content (AvgIpc) is 2.78. The van der Waals surface area contributed by atoms with E-state index >= 15 is 0 Å². The summed E-state index contributed by atoms with van der Waals surface area (Å²) in [6.07, 6.45) is 2.72. The summed E-state index contributed by atoms with van der Waals surface area (Å²) in [6, 6.07) is 3.41. The van der Waals surface area contributed by atoms with E-state index in [2.05, 4.69) is 10.3 Å². The highest BCUT2D eigenvalue weighted by Crippen LogP contribution is 2.20. The Hall–Kier alpha value is -1.95. The van der Waals surface area contributed by atoms with Crippen LogP contribution < -0.4 is 5.32 Å². The third kappa shape index (κ3) is 4.26. The normalized spacial score (nSPS) is 10.9. The molecule has 0 unspecified atom stereocenters. The number of halogens is 2. The molecule has 1 N–H and O–H groups in total. The Balaban J connectivity index is 2.08. The lowest BCUT2D eigenvalue weighted by molar-refractivity contribution is 0.142. The SMILES string of the molecule is CCOCCCn1cc(C)nc1Nc1ccc(F)cc1F. The summed E-state index contributed by atoms with van der Waals surface area (Å²) in [5.41, 5.74) is 1.03. The number of ether oxygens (including phenoxy) is 1. The maximum atomic E-state index is 13.7. The zero-order chi connectivity index (χ0) is 15.2. The molecule has 0 aliphatic rings. The minimum atomic E-state index is -0.642. The number of nitrogens with one attached hydrogen (secondary N) is 1. The van der Waals surface area contributed by atoms with E-state index in [0.717, 1.165) is 18.2 Å². The first kappa shape index (κ1) is 15.4. The highest BCUT2D eigenvalue weighted by Gasteiger charge is 2.09. The molecule has 0 amide bonds. The molecule has 0 aliphatic carbocycles. The van der Waals surface area contributed by atoms with Crippen LogP contribution in [0.1, 0.15) is 19.0 Å². The summed E-state index contributed by atoms with van der Waals surface area (Å²) >= 11 is 0. The second kappa shape index (κ2) is 7.17. The lowest BCUT2D eigenvalue weighted by Crippen LogP contribution is -2.06. The molecule has 21 heavy (non-hydrogen) atoms. The Morgan fingerprint density at radius 3 is 2.86 bits per heavy atom. The fourth-order valence-electron chi connectivity index (χ4n) is 2.01. The van der Waals surface area contributed by atoms with Crippen LogP contribution in [0, 0.1) is 18.6 Å². The van der Waals surface area contributed by atoms with Gasteiger partial charge in [0.1, 0.15) is 11.6 Å². The smallest absolute Gasteiger partial charge is 0.207 e. The molecule has 114 valence electrons. The molecule has 0 saturated carbocycles. The van der Waals surface area contributed by atoms with Crippen molar-refractivity contribution >= 4 is 11.6 Å². The largest absolute Gasteiger partial charge is 0.382 e. The number of aromatic nitrogens is 2. The Labute approximate surface area is 122 Å². The molecule has 2 rings (SSSR count). The van der Waals surface area contributed by atoms with Gasteiger partial charge in [-0.25, -0.2) is 13.8 Å². The van der Waals surface area contributed by atoms with Crippen LogP contribution in [0.25, 0.3) is 0 Å². The van der Waals surface area contributed by atoms with Gasteiger partial charge in [-0.15, -0.1) is 0 Å². The Kier molecular flexibility index (Phi) is 5.27. The van der Waals surface area contributed by atoms with Crippen LogP contribution in [-0.4, -0.2) is 22.8 Å². The van der Waals surface area contributed by atoms with Gasteiger partial charge in [-0.1, -0.05) is 0 Å². The van der Waals surface area contributed by atoms with Crippen LogP contribution in [-0.2, 0) is 11.3 Å². The van der Waals surface area contributed by atoms with Gasteiger partial charge < -0.3 is 14.6 Å². The zero-order valence-electron chi connectivity index (χ0n) is 12.2. The van der Waals surface area contributed by atoms with E-state index in [1.807, 2.05) is 24.6 Å². The van der Waals surface area contributed by atoms with Gasteiger partial charge in [0, 0.05) is 32.0 Å². The molecular weight excluding hydrogens is 276 g/mol. The van der Waals surface area contributed by atoms with E-state index in [9.17, 15) is 8.78 Å². The summed E-state index contributed by atoms with van der Waals surface area (Å²) in [4.78, 5) is 4.32. The van der Waals surface area contributed by atoms with Gasteiger partial charge in [0.05, 0.1) is 11.4 Å². The molecule has 0 fully saturated rings. The fraction of sp³-hybridized carbons (Fsp3) is 0.400. The van der Waals surface area contributed by atoms with Crippen molar-refractivity contribution in [1.29, 1.82) is 0 Å². The van der Waals surface area contributed by atoms with Crippen LogP contribution in [0.3, 0.4) is 0 Å². The van der Waals surface area contributed by atoms with Crippen LogP contribution in [0.15, 0.2) is 24.4 Å². The van der Waals surface area contributed by atoms with Crippen LogP contribution >= 0.6 is 0 Å². The number of nitrogens with zero attached hydrogens (tertiary/aromatic N) is 2. The van der Waals surface area contributed by atoms with E-state index in [1.165, 1.54) is 12.1 Å². The van der Waals surface area contributed by atoms with Crippen molar-refractivity contribution in [2.45, 2.75) is 26.8 Å². The summed E-state index contributed by atoms with van der Waals surface area (Å²) in [7, 11) is 0. The number of aryl methyl sites for hydroxylation is 2. The number of hydrogen-bond acceptors (Lipinski definition) is 3. The van der Waals surface area contributed by atoms with E-state index in [4.69, 9.17) is 4.74 Å². The van der Waals surface area contributed by atoms with Crippen LogP contribution in [0.2, 0.25) is 0 Å². The standard InChI is InChI=1S/C15H19F2N3O/c1-3-21-8-4-7-20-10-11(2)18-15(20)19-14-6-5-12(16)9-13(14)17/h5-6,9-10H,3-4,7-8H2,1-2H3,(H,18,19). The highest BCUT2D eigenvalue weighted by atomic mass is 19.1. The highest BCUT2D eigenvalue weighted by molar-refractivity contribution is 5.54. The van der Waals surface area contributed by atoms with Gasteiger partial charge in [0.25, 0.3) is 0 Å². The third-order valence-electron chi connectivity index (χ3n) is 2.97. The molecule has 6 heteroatoms. The molecule has 1 aromatic carbocycles. The van der Waals surface area contributed by atoms with Crippen molar-refractivity contribution < 1.29 is 13.5 Å². The number of hydrogen-bond donors (Lipinski definition) is 1. The maximum absolute atomic E-state index is 13.7. The molecule has 0 spiro atoms. The lowest BCUT2D eigenvalue weighted by atomic mass is 10.3. The van der Waals surface area contributed by atoms with E-state index in [0.29, 0.717) is 25.7 Å². The number of anilines is 2. The molecule has 0 bridgehead atoms. The van der Waals surface area contributed by atoms with Crippen molar-refractivity contribution in [1.82, 2.24) is 9.55 Å². The zero-order valence-corrected chi connectivity index (χ0v) is 12.2. The summed E-state index contributed by atoms with van der Waals surface area (Å²) in [5, 5.41) is 2.90. The number of benzene rings is 1. The van der Waals surface area contributed by atoms with Crippen molar-refractivity contribution in [2.24, 2.45) is 0 Å². The van der Waals surface area contributed by atoms with Crippen molar-refractivity contribution in [3.8, 4) is 0 Å². The van der Waals surface area contributed by atoms with Crippen molar-refractivity contribution in [3.63, 3.8) is 0 Å². The number of imidazole rings is 1. The van der Waals surface area contributed by atoms with Crippen LogP contribution in [0.4, 0.5) is 20.4 Å². The fourth-order valence-corrected chi connectivity index (χ4v) is 2.01. The van der Waals surface area contributed by atoms with Gasteiger partial charge in [-0.2, -0.15) is 0 Å². The molecule has 0 saturated heterocycles. The Morgan fingerprint density at radius 1 is 1.33 bits per heavy atom. The van der Waals surface area contributed by atoms with Gasteiger partial charge in [0.15, 0.2) is 0 Å². The molecule has 4 nitrogen and oxygen atoms in total. The molecule has 1 heterocycles. The van der Waals surface area contributed by atoms with E-state index in [-0.39, 0.29) is 5.69 Å². The first-order valence-corrected chi connectivity index (χ1v) is 6.93. The molecule has 1 aromatic heterocycles. The Morgan fingerprint density at radius 2 is 2.14 bits per heavy atom. The van der Waals surface area contributed by atoms with Crippen molar-refractivity contribution in [3.05, 3.63) is 41.7 Å². The molecule has 0 aliphatic heterocycles. The first-order valence-electron chi connectivity index (χ1n) is 6.93. The second-order valence-corrected chi connectivity index (χ2v) is 4.70. The van der Waals surface area contributed by atoms with Gasteiger partial charge in [-0.3, -0.25) is 0 Å². The topological polar surface area (TPSA) is 39.1 Å². The molecule has 2 aromatic rings. The maximum Gasteiger partial charge on any atom is 0.207 e. The Bertz CT molecular complexity index is 599. The predicted molar refractivity (Wildman–Crippen MR) is 77.7 cm³/mol. The average molecular weight is 295 g/mol. The van der Waals surface area contributed by atoms with Crippen molar-refractivity contribution in [2.75, 3.05) is 18.5 Å². The van der Waals surface area contributed by atoms with E-state index in [1.54, 1.807) is 0 Å². The third-order valence-corrected chi connectivity index (χ3v) is 2.97.